The first-order valence-electron chi connectivity index (χ1n) is 7.55. The quantitative estimate of drug-likeness (QED) is 0.839. The third-order valence-electron chi connectivity index (χ3n) is 4.70. The van der Waals surface area contributed by atoms with Crippen molar-refractivity contribution in [1.29, 1.82) is 0 Å². The number of aliphatic hydroxyl groups is 1. The Morgan fingerprint density at radius 1 is 1.29 bits per heavy atom. The smallest absolute Gasteiger partial charge is 0.222 e. The van der Waals surface area contributed by atoms with Gasteiger partial charge >= 0.3 is 0 Å². The highest BCUT2D eigenvalue weighted by Gasteiger charge is 2.27. The fourth-order valence-electron chi connectivity index (χ4n) is 3.26. The largest absolute Gasteiger partial charge is 0.396 e. The maximum absolute atomic E-state index is 9.27. The monoisotopic (exact) mass is 285 g/mol. The van der Waals surface area contributed by atoms with Crippen molar-refractivity contribution < 1.29 is 5.11 Å². The number of nitrogens with zero attached hydrogens (tertiary/aromatic N) is 4. The molecule has 0 aromatic carbocycles. The van der Waals surface area contributed by atoms with Crippen LogP contribution in [0.3, 0.4) is 0 Å². The topological polar surface area (TPSA) is 89.8 Å². The predicted molar refractivity (Wildman–Crippen MR) is 79.7 cm³/mol. The number of imidazole rings is 1. The first-order valence-corrected chi connectivity index (χ1v) is 7.55. The number of aliphatic hydroxyl groups excluding tert-OH is 1. The molecule has 21 heavy (non-hydrogen) atoms. The third kappa shape index (κ3) is 2.01. The molecule has 0 spiro atoms. The predicted octanol–water partition coefficient (Wildman–Crippen LogP) is 1.79. The average molecular weight is 285 g/mol. The van der Waals surface area contributed by atoms with Gasteiger partial charge < -0.3 is 15.4 Å². The number of nitrogen functional groups attached to an aromatic ring is 1. The second kappa shape index (κ2) is 4.80. The summed E-state index contributed by atoms with van der Waals surface area (Å²) in [7, 11) is 0. The molecular formula is C15H19N5O. The van der Waals surface area contributed by atoms with Crippen LogP contribution in [0.25, 0.3) is 11.2 Å². The molecule has 6 nitrogen and oxygen atoms in total. The molecule has 1 saturated carbocycles. The molecule has 0 amide bonds. The van der Waals surface area contributed by atoms with Gasteiger partial charge in [0, 0.05) is 18.4 Å². The minimum Gasteiger partial charge on any atom is -0.396 e. The summed E-state index contributed by atoms with van der Waals surface area (Å²) in [6.07, 6.45) is 10.5. The second-order valence-corrected chi connectivity index (χ2v) is 6.05. The van der Waals surface area contributed by atoms with Gasteiger partial charge in [0.1, 0.15) is 5.52 Å². The van der Waals surface area contributed by atoms with Gasteiger partial charge in [0.25, 0.3) is 0 Å². The Morgan fingerprint density at radius 2 is 2.14 bits per heavy atom. The zero-order chi connectivity index (χ0) is 14.4. The number of anilines is 1. The SMILES string of the molecule is Nc1nc(C2CCC2)c2ncn([C@H]3C=C[C@@H](CO)C3)c2n1. The van der Waals surface area contributed by atoms with Crippen LogP contribution in [0.2, 0.25) is 0 Å². The Labute approximate surface area is 122 Å². The van der Waals surface area contributed by atoms with E-state index in [2.05, 4.69) is 31.7 Å². The van der Waals surface area contributed by atoms with Crippen molar-refractivity contribution in [3.63, 3.8) is 0 Å². The molecule has 2 atom stereocenters. The van der Waals surface area contributed by atoms with E-state index in [0.717, 1.165) is 36.1 Å². The number of nitrogens with two attached hydrogens (primary N) is 1. The summed E-state index contributed by atoms with van der Waals surface area (Å²) in [6.45, 7) is 0.185. The summed E-state index contributed by atoms with van der Waals surface area (Å²) in [5, 5.41) is 9.27. The minimum absolute atomic E-state index is 0.185. The highest BCUT2D eigenvalue weighted by Crippen LogP contribution is 2.39. The van der Waals surface area contributed by atoms with Crippen molar-refractivity contribution in [2.45, 2.75) is 37.6 Å². The summed E-state index contributed by atoms with van der Waals surface area (Å²) in [4.78, 5) is 13.4. The maximum Gasteiger partial charge on any atom is 0.222 e. The highest BCUT2D eigenvalue weighted by atomic mass is 16.3. The maximum atomic E-state index is 9.27. The molecule has 6 heteroatoms. The Balaban J connectivity index is 1.77. The Morgan fingerprint density at radius 3 is 2.81 bits per heavy atom. The number of fused-ring (bicyclic) bond motifs is 1. The Bertz CT molecular complexity index is 703. The minimum atomic E-state index is 0.185. The van der Waals surface area contributed by atoms with Crippen molar-refractivity contribution in [1.82, 2.24) is 19.5 Å². The van der Waals surface area contributed by atoms with Gasteiger partial charge in [-0.1, -0.05) is 18.6 Å². The van der Waals surface area contributed by atoms with Gasteiger partial charge in [0.05, 0.1) is 18.1 Å². The van der Waals surface area contributed by atoms with Crippen molar-refractivity contribution >= 4 is 17.1 Å². The molecule has 2 aliphatic carbocycles. The van der Waals surface area contributed by atoms with Gasteiger partial charge in [-0.25, -0.2) is 9.97 Å². The molecule has 2 aromatic heterocycles. The Hall–Kier alpha value is -1.95. The Kier molecular flexibility index (Phi) is 2.92. The molecule has 2 aromatic rings. The molecule has 0 radical (unpaired) electrons. The normalized spacial score (nSPS) is 25.6. The molecule has 0 bridgehead atoms. The molecule has 4 rings (SSSR count). The number of aromatic nitrogens is 4. The van der Waals surface area contributed by atoms with Crippen molar-refractivity contribution in [3.8, 4) is 0 Å². The highest BCUT2D eigenvalue weighted by molar-refractivity contribution is 5.75. The second-order valence-electron chi connectivity index (χ2n) is 6.05. The van der Waals surface area contributed by atoms with Crippen LogP contribution >= 0.6 is 0 Å². The zero-order valence-electron chi connectivity index (χ0n) is 11.8. The molecule has 2 aliphatic rings. The van der Waals surface area contributed by atoms with Gasteiger partial charge in [0.15, 0.2) is 5.65 Å². The van der Waals surface area contributed by atoms with Crippen LogP contribution < -0.4 is 5.73 Å². The summed E-state index contributed by atoms with van der Waals surface area (Å²) < 4.78 is 2.06. The van der Waals surface area contributed by atoms with Crippen LogP contribution in [-0.2, 0) is 0 Å². The van der Waals surface area contributed by atoms with E-state index in [4.69, 9.17) is 5.73 Å². The molecule has 0 saturated heterocycles. The summed E-state index contributed by atoms with van der Waals surface area (Å²) >= 11 is 0. The summed E-state index contributed by atoms with van der Waals surface area (Å²) in [5.41, 5.74) is 8.60. The lowest BCUT2D eigenvalue weighted by Gasteiger charge is -2.24. The van der Waals surface area contributed by atoms with E-state index in [0.29, 0.717) is 11.9 Å². The van der Waals surface area contributed by atoms with Crippen LogP contribution in [0.5, 0.6) is 0 Å². The van der Waals surface area contributed by atoms with E-state index in [1.165, 1.54) is 6.42 Å². The van der Waals surface area contributed by atoms with Crippen molar-refractivity contribution in [2.24, 2.45) is 5.92 Å². The number of allylic oxidation sites excluding steroid dienone is 1. The van der Waals surface area contributed by atoms with Crippen molar-refractivity contribution in [3.05, 3.63) is 24.2 Å². The van der Waals surface area contributed by atoms with Gasteiger partial charge in [-0.3, -0.25) is 0 Å². The molecule has 2 heterocycles. The van der Waals surface area contributed by atoms with Gasteiger partial charge in [-0.05, 0) is 19.3 Å². The molecule has 0 aliphatic heterocycles. The summed E-state index contributed by atoms with van der Waals surface area (Å²) in [5.74, 6) is 1.02. The fourth-order valence-corrected chi connectivity index (χ4v) is 3.26. The lowest BCUT2D eigenvalue weighted by atomic mass is 9.82. The first kappa shape index (κ1) is 12.8. The van der Waals surface area contributed by atoms with E-state index in [9.17, 15) is 5.11 Å². The zero-order valence-corrected chi connectivity index (χ0v) is 11.8. The molecule has 1 fully saturated rings. The first-order chi connectivity index (χ1) is 10.3. The van der Waals surface area contributed by atoms with Crippen LogP contribution in [-0.4, -0.2) is 31.2 Å². The molecule has 0 unspecified atom stereocenters. The van der Waals surface area contributed by atoms with Crippen LogP contribution in [0.4, 0.5) is 5.95 Å². The lowest BCUT2D eigenvalue weighted by Crippen LogP contribution is -2.14. The van der Waals surface area contributed by atoms with E-state index >= 15 is 0 Å². The van der Waals surface area contributed by atoms with Crippen molar-refractivity contribution in [2.75, 3.05) is 12.3 Å². The standard InChI is InChI=1S/C15H19N5O/c16-15-18-12(10-2-1-3-10)13-14(19-15)20(8-17-13)11-5-4-9(6-11)7-21/h4-5,8-11,21H,1-3,6-7H2,(H2,16,18,19)/t9-,11+/m1/s1. The van der Waals surface area contributed by atoms with E-state index < -0.39 is 0 Å². The van der Waals surface area contributed by atoms with E-state index in [1.54, 1.807) is 0 Å². The fraction of sp³-hybridized carbons (Fsp3) is 0.533. The molecule has 3 N–H and O–H groups in total. The molecular weight excluding hydrogens is 266 g/mol. The van der Waals surface area contributed by atoms with E-state index in [1.807, 2.05) is 6.33 Å². The average Bonchev–Trinajstić information content (AvgIpc) is 3.01. The third-order valence-corrected chi connectivity index (χ3v) is 4.70. The lowest BCUT2D eigenvalue weighted by molar-refractivity contribution is 0.244. The van der Waals surface area contributed by atoms with Crippen LogP contribution in [0.15, 0.2) is 18.5 Å². The number of rotatable bonds is 3. The van der Waals surface area contributed by atoms with Gasteiger partial charge in [0.2, 0.25) is 5.95 Å². The molecule has 110 valence electrons. The summed E-state index contributed by atoms with van der Waals surface area (Å²) in [6, 6.07) is 0.190. The van der Waals surface area contributed by atoms with E-state index in [-0.39, 0.29) is 18.6 Å². The van der Waals surface area contributed by atoms with Crippen LogP contribution in [0.1, 0.15) is 43.3 Å². The van der Waals surface area contributed by atoms with Gasteiger partial charge in [-0.15, -0.1) is 0 Å². The number of hydrogen-bond donors (Lipinski definition) is 2. The van der Waals surface area contributed by atoms with Gasteiger partial charge in [-0.2, -0.15) is 4.98 Å². The number of hydrogen-bond acceptors (Lipinski definition) is 5. The van der Waals surface area contributed by atoms with Crippen LogP contribution in [0, 0.1) is 5.92 Å².